The van der Waals surface area contributed by atoms with Gasteiger partial charge in [0.1, 0.15) is 5.82 Å². The van der Waals surface area contributed by atoms with Gasteiger partial charge in [0.25, 0.3) is 0 Å². The minimum Gasteiger partial charge on any atom is -0.308 e. The predicted octanol–water partition coefficient (Wildman–Crippen LogP) is 3.49. The van der Waals surface area contributed by atoms with Crippen LogP contribution in [0.3, 0.4) is 0 Å². The van der Waals surface area contributed by atoms with Gasteiger partial charge in [-0.25, -0.2) is 4.39 Å². The minimum absolute atomic E-state index is 0.0804. The summed E-state index contributed by atoms with van der Waals surface area (Å²) in [5.41, 5.74) is 0.818. The zero-order valence-electron chi connectivity index (χ0n) is 9.81. The van der Waals surface area contributed by atoms with E-state index in [4.69, 9.17) is 0 Å². The molecule has 1 N–H and O–H groups in total. The van der Waals surface area contributed by atoms with Crippen LogP contribution in [0.15, 0.2) is 24.3 Å². The van der Waals surface area contributed by atoms with E-state index in [2.05, 4.69) is 26.1 Å². The number of nitrogens with one attached hydrogen (secondary N) is 1. The molecule has 0 saturated carbocycles. The van der Waals surface area contributed by atoms with Crippen molar-refractivity contribution < 1.29 is 4.39 Å². The number of hydrogen-bond acceptors (Lipinski definition) is 1. The van der Waals surface area contributed by atoms with E-state index in [1.807, 2.05) is 12.1 Å². The van der Waals surface area contributed by atoms with Gasteiger partial charge in [-0.15, -0.1) is 0 Å². The summed E-state index contributed by atoms with van der Waals surface area (Å²) in [6.07, 6.45) is 2.23. The van der Waals surface area contributed by atoms with Crippen LogP contribution < -0.4 is 5.32 Å². The first-order valence-corrected chi connectivity index (χ1v) is 5.53. The molecule has 1 nitrogen and oxygen atoms in total. The fourth-order valence-electron chi connectivity index (χ4n) is 1.69. The van der Waals surface area contributed by atoms with Crippen LogP contribution in [-0.2, 0) is 6.54 Å². The quantitative estimate of drug-likeness (QED) is 0.782. The summed E-state index contributed by atoms with van der Waals surface area (Å²) in [6, 6.07) is 6.91. The van der Waals surface area contributed by atoms with Crippen LogP contribution in [0.4, 0.5) is 4.39 Å². The van der Waals surface area contributed by atoms with Gasteiger partial charge >= 0.3 is 0 Å². The molecule has 1 aromatic carbocycles. The lowest BCUT2D eigenvalue weighted by atomic mass is 9.98. The first-order chi connectivity index (χ1) is 7.05. The third-order valence-electron chi connectivity index (χ3n) is 2.59. The van der Waals surface area contributed by atoms with Gasteiger partial charge in [0.2, 0.25) is 0 Å². The van der Waals surface area contributed by atoms with Crippen LogP contribution in [0.25, 0.3) is 0 Å². The summed E-state index contributed by atoms with van der Waals surface area (Å²) in [5.74, 6) is -0.128. The zero-order chi connectivity index (χ0) is 11.3. The zero-order valence-corrected chi connectivity index (χ0v) is 9.81. The van der Waals surface area contributed by atoms with E-state index in [0.717, 1.165) is 18.4 Å². The van der Waals surface area contributed by atoms with Gasteiger partial charge in [-0.05, 0) is 26.3 Å². The van der Waals surface area contributed by atoms with Gasteiger partial charge in [-0.2, -0.15) is 0 Å². The van der Waals surface area contributed by atoms with Gasteiger partial charge < -0.3 is 5.32 Å². The van der Waals surface area contributed by atoms with Crippen LogP contribution in [0.2, 0.25) is 0 Å². The molecule has 84 valence electrons. The van der Waals surface area contributed by atoms with E-state index in [1.54, 1.807) is 6.07 Å². The molecule has 0 amide bonds. The average molecular weight is 209 g/mol. The Morgan fingerprint density at radius 1 is 1.27 bits per heavy atom. The van der Waals surface area contributed by atoms with E-state index in [-0.39, 0.29) is 11.4 Å². The fourth-order valence-corrected chi connectivity index (χ4v) is 1.69. The van der Waals surface area contributed by atoms with Crippen LogP contribution in [0, 0.1) is 5.82 Å². The maximum absolute atomic E-state index is 13.3. The molecule has 0 radical (unpaired) electrons. The SMILES string of the molecule is CCCC(C)(C)NCc1ccccc1F. The summed E-state index contributed by atoms with van der Waals surface area (Å²) in [5, 5.41) is 3.38. The highest BCUT2D eigenvalue weighted by molar-refractivity contribution is 5.17. The Bertz CT molecular complexity index is 307. The monoisotopic (exact) mass is 209 g/mol. The standard InChI is InChI=1S/C13H20FN/c1-4-9-13(2,3)15-10-11-7-5-6-8-12(11)14/h5-8,15H,4,9-10H2,1-3H3. The van der Waals surface area contributed by atoms with Crippen molar-refractivity contribution in [2.24, 2.45) is 0 Å². The highest BCUT2D eigenvalue weighted by Crippen LogP contribution is 2.13. The van der Waals surface area contributed by atoms with Crippen molar-refractivity contribution in [1.29, 1.82) is 0 Å². The van der Waals surface area contributed by atoms with Gasteiger partial charge in [0.15, 0.2) is 0 Å². The van der Waals surface area contributed by atoms with E-state index >= 15 is 0 Å². The molecule has 0 spiro atoms. The van der Waals surface area contributed by atoms with Crippen LogP contribution >= 0.6 is 0 Å². The number of benzene rings is 1. The second-order valence-electron chi connectivity index (χ2n) is 4.58. The van der Waals surface area contributed by atoms with Gasteiger partial charge in [0, 0.05) is 17.6 Å². The molecule has 0 unspecified atom stereocenters. The van der Waals surface area contributed by atoms with Gasteiger partial charge in [-0.3, -0.25) is 0 Å². The fraction of sp³-hybridized carbons (Fsp3) is 0.538. The molecule has 15 heavy (non-hydrogen) atoms. The van der Waals surface area contributed by atoms with Crippen molar-refractivity contribution in [3.05, 3.63) is 35.6 Å². The molecule has 2 heteroatoms. The molecule has 0 bridgehead atoms. The number of rotatable bonds is 5. The Morgan fingerprint density at radius 3 is 2.53 bits per heavy atom. The molecule has 0 aromatic heterocycles. The maximum atomic E-state index is 13.3. The molecular weight excluding hydrogens is 189 g/mol. The van der Waals surface area contributed by atoms with Gasteiger partial charge in [-0.1, -0.05) is 31.5 Å². The van der Waals surface area contributed by atoms with Crippen LogP contribution in [0.5, 0.6) is 0 Å². The minimum atomic E-state index is -0.128. The van der Waals surface area contributed by atoms with Crippen LogP contribution in [-0.4, -0.2) is 5.54 Å². The van der Waals surface area contributed by atoms with Crippen molar-refractivity contribution in [1.82, 2.24) is 5.32 Å². The first kappa shape index (κ1) is 12.2. The molecule has 0 saturated heterocycles. The van der Waals surface area contributed by atoms with Gasteiger partial charge in [0.05, 0.1) is 0 Å². The largest absolute Gasteiger partial charge is 0.308 e. The summed E-state index contributed by atoms with van der Waals surface area (Å²) in [7, 11) is 0. The Morgan fingerprint density at radius 2 is 1.93 bits per heavy atom. The molecular formula is C13H20FN. The number of halogens is 1. The summed E-state index contributed by atoms with van der Waals surface area (Å²) in [4.78, 5) is 0. The average Bonchev–Trinajstić information content (AvgIpc) is 2.16. The van der Waals surface area contributed by atoms with E-state index in [0.29, 0.717) is 6.54 Å². The Hall–Kier alpha value is -0.890. The molecule has 0 fully saturated rings. The van der Waals surface area contributed by atoms with Crippen molar-refractivity contribution in [3.63, 3.8) is 0 Å². The van der Waals surface area contributed by atoms with E-state index in [1.165, 1.54) is 6.07 Å². The highest BCUT2D eigenvalue weighted by atomic mass is 19.1. The Kier molecular flexibility index (Phi) is 4.28. The smallest absolute Gasteiger partial charge is 0.127 e. The topological polar surface area (TPSA) is 12.0 Å². The molecule has 0 heterocycles. The lowest BCUT2D eigenvalue weighted by Crippen LogP contribution is -2.38. The van der Waals surface area contributed by atoms with Crippen molar-refractivity contribution in [2.75, 3.05) is 0 Å². The van der Waals surface area contributed by atoms with Crippen molar-refractivity contribution in [3.8, 4) is 0 Å². The molecule has 0 aliphatic rings. The molecule has 1 aromatic rings. The predicted molar refractivity (Wildman–Crippen MR) is 62.2 cm³/mol. The van der Waals surface area contributed by atoms with Crippen molar-refractivity contribution >= 4 is 0 Å². The Balaban J connectivity index is 2.53. The maximum Gasteiger partial charge on any atom is 0.127 e. The molecule has 0 aliphatic heterocycles. The Labute approximate surface area is 91.7 Å². The highest BCUT2D eigenvalue weighted by Gasteiger charge is 2.15. The summed E-state index contributed by atoms with van der Waals surface area (Å²) >= 11 is 0. The van der Waals surface area contributed by atoms with E-state index < -0.39 is 0 Å². The first-order valence-electron chi connectivity index (χ1n) is 5.53. The molecule has 1 rings (SSSR count). The second kappa shape index (κ2) is 5.26. The van der Waals surface area contributed by atoms with E-state index in [9.17, 15) is 4.39 Å². The lowest BCUT2D eigenvalue weighted by Gasteiger charge is -2.26. The number of hydrogen-bond donors (Lipinski definition) is 1. The molecule has 0 aliphatic carbocycles. The summed E-state index contributed by atoms with van der Waals surface area (Å²) < 4.78 is 13.3. The molecule has 0 atom stereocenters. The lowest BCUT2D eigenvalue weighted by molar-refractivity contribution is 0.354. The van der Waals surface area contributed by atoms with Crippen molar-refractivity contribution in [2.45, 2.75) is 45.7 Å². The normalized spacial score (nSPS) is 11.7. The second-order valence-corrected chi connectivity index (χ2v) is 4.58. The third-order valence-corrected chi connectivity index (χ3v) is 2.59. The summed E-state index contributed by atoms with van der Waals surface area (Å²) in [6.45, 7) is 7.06. The third kappa shape index (κ3) is 4.00. The van der Waals surface area contributed by atoms with Crippen LogP contribution in [0.1, 0.15) is 39.2 Å².